The van der Waals surface area contributed by atoms with E-state index in [1.165, 1.54) is 0 Å². The molecule has 3 aromatic rings. The van der Waals surface area contributed by atoms with Gasteiger partial charge in [-0.15, -0.1) is 0 Å². The standard InChI is InChI=1S/C21H18BrNO/c22-19-7-4-8-20(15-19)23-14-13-21(24)18-11-9-17(10-12-18)16-5-2-1-3-6-16/h1-12,15,23H,13-14H2. The molecule has 0 unspecified atom stereocenters. The highest BCUT2D eigenvalue weighted by molar-refractivity contribution is 9.10. The van der Waals surface area contributed by atoms with Crippen molar-refractivity contribution >= 4 is 27.4 Å². The highest BCUT2D eigenvalue weighted by Crippen LogP contribution is 2.20. The van der Waals surface area contributed by atoms with Crippen molar-refractivity contribution in [2.45, 2.75) is 6.42 Å². The van der Waals surface area contributed by atoms with Crippen LogP contribution < -0.4 is 5.32 Å². The first-order valence-corrected chi connectivity index (χ1v) is 8.70. The summed E-state index contributed by atoms with van der Waals surface area (Å²) in [5, 5.41) is 3.27. The Hall–Kier alpha value is -2.39. The van der Waals surface area contributed by atoms with Crippen LogP contribution >= 0.6 is 15.9 Å². The van der Waals surface area contributed by atoms with Gasteiger partial charge < -0.3 is 5.32 Å². The fourth-order valence-electron chi connectivity index (χ4n) is 2.54. The second-order valence-corrected chi connectivity index (χ2v) is 6.47. The van der Waals surface area contributed by atoms with Crippen LogP contribution in [0.25, 0.3) is 11.1 Å². The lowest BCUT2D eigenvalue weighted by Crippen LogP contribution is -2.08. The molecular formula is C21H18BrNO. The lowest BCUT2D eigenvalue weighted by atomic mass is 10.0. The van der Waals surface area contributed by atoms with Crippen LogP contribution in [0, 0.1) is 0 Å². The fourth-order valence-corrected chi connectivity index (χ4v) is 2.94. The van der Waals surface area contributed by atoms with E-state index in [2.05, 4.69) is 33.4 Å². The molecule has 0 saturated carbocycles. The second-order valence-electron chi connectivity index (χ2n) is 5.55. The lowest BCUT2D eigenvalue weighted by molar-refractivity contribution is 0.0986. The highest BCUT2D eigenvalue weighted by Gasteiger charge is 2.06. The average molecular weight is 380 g/mol. The van der Waals surface area contributed by atoms with E-state index in [4.69, 9.17) is 0 Å². The van der Waals surface area contributed by atoms with Crippen LogP contribution in [0.4, 0.5) is 5.69 Å². The van der Waals surface area contributed by atoms with Crippen LogP contribution in [0.2, 0.25) is 0 Å². The number of halogens is 1. The maximum atomic E-state index is 12.3. The number of nitrogens with one attached hydrogen (secondary N) is 1. The molecule has 0 radical (unpaired) electrons. The van der Waals surface area contributed by atoms with Crippen molar-refractivity contribution in [3.63, 3.8) is 0 Å². The maximum absolute atomic E-state index is 12.3. The van der Waals surface area contributed by atoms with E-state index < -0.39 is 0 Å². The molecule has 0 amide bonds. The average Bonchev–Trinajstić information content (AvgIpc) is 2.63. The first-order chi connectivity index (χ1) is 11.7. The van der Waals surface area contributed by atoms with E-state index in [-0.39, 0.29) is 5.78 Å². The van der Waals surface area contributed by atoms with E-state index >= 15 is 0 Å². The molecule has 0 atom stereocenters. The van der Waals surface area contributed by atoms with Crippen LogP contribution in [0.5, 0.6) is 0 Å². The monoisotopic (exact) mass is 379 g/mol. The Morgan fingerprint density at radius 3 is 2.25 bits per heavy atom. The summed E-state index contributed by atoms with van der Waals surface area (Å²) in [5.74, 6) is 0.150. The summed E-state index contributed by atoms with van der Waals surface area (Å²) < 4.78 is 1.02. The third kappa shape index (κ3) is 4.33. The SMILES string of the molecule is O=C(CCNc1cccc(Br)c1)c1ccc(-c2ccccc2)cc1. The first kappa shape index (κ1) is 16.5. The Kier molecular flexibility index (Phi) is 5.44. The quantitative estimate of drug-likeness (QED) is 0.548. The molecular weight excluding hydrogens is 362 g/mol. The molecule has 0 saturated heterocycles. The molecule has 0 heterocycles. The predicted octanol–water partition coefficient (Wildman–Crippen LogP) is 5.80. The van der Waals surface area contributed by atoms with Gasteiger partial charge in [0.1, 0.15) is 0 Å². The minimum Gasteiger partial charge on any atom is -0.385 e. The third-order valence-electron chi connectivity index (χ3n) is 3.82. The molecule has 3 rings (SSSR count). The van der Waals surface area contributed by atoms with E-state index in [0.29, 0.717) is 13.0 Å². The Morgan fingerprint density at radius 2 is 1.54 bits per heavy atom. The van der Waals surface area contributed by atoms with E-state index in [9.17, 15) is 4.79 Å². The summed E-state index contributed by atoms with van der Waals surface area (Å²) >= 11 is 3.44. The van der Waals surface area contributed by atoms with Crippen LogP contribution in [0.1, 0.15) is 16.8 Å². The number of Topliss-reactive ketones (excluding diaryl/α,β-unsaturated/α-hetero) is 1. The molecule has 3 heteroatoms. The van der Waals surface area contributed by atoms with Crippen LogP contribution in [-0.2, 0) is 0 Å². The predicted molar refractivity (Wildman–Crippen MR) is 103 cm³/mol. The first-order valence-electron chi connectivity index (χ1n) is 7.90. The maximum Gasteiger partial charge on any atom is 0.164 e. The number of benzene rings is 3. The molecule has 0 aliphatic rings. The zero-order chi connectivity index (χ0) is 16.8. The topological polar surface area (TPSA) is 29.1 Å². The molecule has 3 aromatic carbocycles. The molecule has 0 spiro atoms. The van der Waals surface area contributed by atoms with Crippen LogP contribution in [0.15, 0.2) is 83.3 Å². The highest BCUT2D eigenvalue weighted by atomic mass is 79.9. The second kappa shape index (κ2) is 7.93. The minimum atomic E-state index is 0.150. The molecule has 0 aromatic heterocycles. The molecule has 1 N–H and O–H groups in total. The minimum absolute atomic E-state index is 0.150. The van der Waals surface area contributed by atoms with Gasteiger partial charge in [0, 0.05) is 28.7 Å². The van der Waals surface area contributed by atoms with Crippen molar-refractivity contribution in [3.05, 3.63) is 88.9 Å². The van der Waals surface area contributed by atoms with Crippen molar-refractivity contribution in [2.24, 2.45) is 0 Å². The molecule has 0 aliphatic heterocycles. The number of hydrogen-bond donors (Lipinski definition) is 1. The van der Waals surface area contributed by atoms with Gasteiger partial charge in [0.2, 0.25) is 0 Å². The number of ketones is 1. The van der Waals surface area contributed by atoms with Gasteiger partial charge >= 0.3 is 0 Å². The van der Waals surface area contributed by atoms with Gasteiger partial charge in [0.25, 0.3) is 0 Å². The summed E-state index contributed by atoms with van der Waals surface area (Å²) in [6.07, 6.45) is 0.469. The molecule has 120 valence electrons. The van der Waals surface area contributed by atoms with Gasteiger partial charge in [-0.2, -0.15) is 0 Å². The third-order valence-corrected chi connectivity index (χ3v) is 4.31. The Bertz CT molecular complexity index is 813. The van der Waals surface area contributed by atoms with Crippen molar-refractivity contribution in [3.8, 4) is 11.1 Å². The van der Waals surface area contributed by atoms with Gasteiger partial charge in [-0.25, -0.2) is 0 Å². The molecule has 0 aliphatic carbocycles. The van der Waals surface area contributed by atoms with Crippen molar-refractivity contribution in [1.82, 2.24) is 0 Å². The number of hydrogen-bond acceptors (Lipinski definition) is 2. The zero-order valence-corrected chi connectivity index (χ0v) is 14.8. The van der Waals surface area contributed by atoms with Crippen LogP contribution in [-0.4, -0.2) is 12.3 Å². The fraction of sp³-hybridized carbons (Fsp3) is 0.0952. The summed E-state index contributed by atoms with van der Waals surface area (Å²) in [6.45, 7) is 0.621. The summed E-state index contributed by atoms with van der Waals surface area (Å²) in [5.41, 5.74) is 4.05. The van der Waals surface area contributed by atoms with Gasteiger partial charge in [-0.3, -0.25) is 4.79 Å². The smallest absolute Gasteiger partial charge is 0.164 e. The van der Waals surface area contributed by atoms with Crippen molar-refractivity contribution in [1.29, 1.82) is 0 Å². The molecule has 24 heavy (non-hydrogen) atoms. The van der Waals surface area contributed by atoms with Gasteiger partial charge in [0.15, 0.2) is 5.78 Å². The summed E-state index contributed by atoms with van der Waals surface area (Å²) in [6, 6.07) is 25.9. The molecule has 0 bridgehead atoms. The largest absolute Gasteiger partial charge is 0.385 e. The summed E-state index contributed by atoms with van der Waals surface area (Å²) in [4.78, 5) is 12.3. The van der Waals surface area contributed by atoms with E-state index in [0.717, 1.165) is 26.9 Å². The summed E-state index contributed by atoms with van der Waals surface area (Å²) in [7, 11) is 0. The lowest BCUT2D eigenvalue weighted by Gasteiger charge is -2.07. The number of anilines is 1. The Morgan fingerprint density at radius 1 is 0.833 bits per heavy atom. The number of carbonyl (C=O) groups is 1. The normalized spacial score (nSPS) is 10.4. The van der Waals surface area contributed by atoms with Crippen molar-refractivity contribution < 1.29 is 4.79 Å². The Labute approximate surface area is 150 Å². The molecule has 0 fully saturated rings. The molecule has 2 nitrogen and oxygen atoms in total. The number of rotatable bonds is 6. The number of carbonyl (C=O) groups excluding carboxylic acids is 1. The van der Waals surface area contributed by atoms with Gasteiger partial charge in [0.05, 0.1) is 0 Å². The zero-order valence-electron chi connectivity index (χ0n) is 13.2. The van der Waals surface area contributed by atoms with E-state index in [1.54, 1.807) is 0 Å². The van der Waals surface area contributed by atoms with E-state index in [1.807, 2.05) is 66.7 Å². The van der Waals surface area contributed by atoms with Gasteiger partial charge in [-0.05, 0) is 29.3 Å². The Balaban J connectivity index is 1.57. The van der Waals surface area contributed by atoms with Crippen LogP contribution in [0.3, 0.4) is 0 Å². The van der Waals surface area contributed by atoms with Gasteiger partial charge in [-0.1, -0.05) is 76.6 Å². The van der Waals surface area contributed by atoms with Crippen molar-refractivity contribution in [2.75, 3.05) is 11.9 Å².